The fraction of sp³-hybridized carbons (Fsp3) is 0.154. The van der Waals surface area contributed by atoms with E-state index in [1.165, 1.54) is 25.5 Å². The third-order valence-electron chi connectivity index (χ3n) is 2.75. The van der Waals surface area contributed by atoms with Crippen LogP contribution in [0.1, 0.15) is 11.3 Å². The first kappa shape index (κ1) is 15.9. The summed E-state index contributed by atoms with van der Waals surface area (Å²) in [6.45, 7) is 1.65. The van der Waals surface area contributed by atoms with Crippen molar-refractivity contribution >= 4 is 17.9 Å². The molecule has 23 heavy (non-hydrogen) atoms. The number of nitrogens with zero attached hydrogens (tertiary/aromatic N) is 3. The number of hydrogen-bond acceptors (Lipinski definition) is 8. The minimum absolute atomic E-state index is 0.0530. The van der Waals surface area contributed by atoms with Crippen LogP contribution in [0, 0.1) is 17.0 Å². The summed E-state index contributed by atoms with van der Waals surface area (Å²) in [5.41, 5.74) is 2.48. The molecule has 0 unspecified atom stereocenters. The molecule has 1 aromatic heterocycles. The van der Waals surface area contributed by atoms with E-state index in [4.69, 9.17) is 4.74 Å². The van der Waals surface area contributed by atoms with Crippen LogP contribution >= 0.6 is 0 Å². The number of phenols is 1. The molecule has 2 rings (SSSR count). The zero-order valence-electron chi connectivity index (χ0n) is 12.2. The Morgan fingerprint density at radius 3 is 2.83 bits per heavy atom. The van der Waals surface area contributed by atoms with Gasteiger partial charge in [-0.1, -0.05) is 0 Å². The number of aryl methyl sites for hydroxylation is 1. The number of hydrazone groups is 1. The molecule has 1 heterocycles. The fourth-order valence-corrected chi connectivity index (χ4v) is 1.78. The molecule has 2 aromatic rings. The van der Waals surface area contributed by atoms with Crippen LogP contribution in [0.3, 0.4) is 0 Å². The molecule has 0 saturated heterocycles. The molecule has 1 aromatic carbocycles. The van der Waals surface area contributed by atoms with Crippen LogP contribution in [0.25, 0.3) is 0 Å². The number of anilines is 1. The maximum absolute atomic E-state index is 11.3. The van der Waals surface area contributed by atoms with Crippen molar-refractivity contribution < 1.29 is 14.8 Å². The highest BCUT2D eigenvalue weighted by atomic mass is 16.6. The molecule has 0 fully saturated rings. The summed E-state index contributed by atoms with van der Waals surface area (Å²) in [4.78, 5) is 27.9. The van der Waals surface area contributed by atoms with Crippen LogP contribution < -0.4 is 15.7 Å². The van der Waals surface area contributed by atoms with Crippen molar-refractivity contribution in [3.63, 3.8) is 0 Å². The van der Waals surface area contributed by atoms with E-state index in [0.29, 0.717) is 11.3 Å². The SMILES string of the molecule is COc1cc(/C=N/Nc2nc(C)cc(=O)[nH]2)cc([N+](=O)[O-])c1O. The van der Waals surface area contributed by atoms with Gasteiger partial charge in [-0.3, -0.25) is 19.9 Å². The summed E-state index contributed by atoms with van der Waals surface area (Å²) >= 11 is 0. The summed E-state index contributed by atoms with van der Waals surface area (Å²) in [7, 11) is 1.28. The monoisotopic (exact) mass is 319 g/mol. The van der Waals surface area contributed by atoms with Crippen LogP contribution in [0.4, 0.5) is 11.6 Å². The fourth-order valence-electron chi connectivity index (χ4n) is 1.78. The first-order valence-corrected chi connectivity index (χ1v) is 6.33. The first-order valence-electron chi connectivity index (χ1n) is 6.33. The molecule has 0 atom stereocenters. The minimum Gasteiger partial charge on any atom is -0.500 e. The van der Waals surface area contributed by atoms with E-state index in [9.17, 15) is 20.0 Å². The van der Waals surface area contributed by atoms with Crippen molar-refractivity contribution in [3.05, 3.63) is 49.9 Å². The van der Waals surface area contributed by atoms with Gasteiger partial charge < -0.3 is 9.84 Å². The van der Waals surface area contributed by atoms with Crippen molar-refractivity contribution in [3.8, 4) is 11.5 Å². The van der Waals surface area contributed by atoms with Gasteiger partial charge in [0.25, 0.3) is 5.56 Å². The molecule has 0 bridgehead atoms. The van der Waals surface area contributed by atoms with E-state index in [1.54, 1.807) is 6.92 Å². The molecule has 120 valence electrons. The van der Waals surface area contributed by atoms with Gasteiger partial charge in [0, 0.05) is 23.4 Å². The van der Waals surface area contributed by atoms with Gasteiger partial charge in [0.2, 0.25) is 11.7 Å². The lowest BCUT2D eigenvalue weighted by Gasteiger charge is -2.05. The lowest BCUT2D eigenvalue weighted by molar-refractivity contribution is -0.386. The van der Waals surface area contributed by atoms with Crippen LogP contribution in [-0.4, -0.2) is 33.3 Å². The number of hydrogen-bond donors (Lipinski definition) is 3. The smallest absolute Gasteiger partial charge is 0.315 e. The summed E-state index contributed by atoms with van der Waals surface area (Å²) in [5.74, 6) is -0.485. The quantitative estimate of drug-likeness (QED) is 0.426. The molecule has 0 amide bonds. The van der Waals surface area contributed by atoms with Crippen molar-refractivity contribution in [2.45, 2.75) is 6.92 Å². The van der Waals surface area contributed by atoms with E-state index < -0.39 is 16.4 Å². The maximum Gasteiger partial charge on any atom is 0.315 e. The van der Waals surface area contributed by atoms with Crippen LogP contribution in [0.5, 0.6) is 11.5 Å². The van der Waals surface area contributed by atoms with E-state index in [2.05, 4.69) is 20.5 Å². The lowest BCUT2D eigenvalue weighted by Crippen LogP contribution is -2.10. The summed E-state index contributed by atoms with van der Waals surface area (Å²) in [6.07, 6.45) is 1.26. The Kier molecular flexibility index (Phi) is 4.55. The molecule has 10 nitrogen and oxygen atoms in total. The normalized spacial score (nSPS) is 10.7. The topological polar surface area (TPSA) is 143 Å². The van der Waals surface area contributed by atoms with E-state index in [-0.39, 0.29) is 17.3 Å². The Labute approximate surface area is 129 Å². The number of ether oxygens (including phenoxy) is 1. The molecule has 0 aliphatic heterocycles. The third-order valence-corrected chi connectivity index (χ3v) is 2.75. The van der Waals surface area contributed by atoms with Crippen molar-refractivity contribution in [2.24, 2.45) is 5.10 Å². The first-order chi connectivity index (χ1) is 10.9. The van der Waals surface area contributed by atoms with Gasteiger partial charge in [0.1, 0.15) is 0 Å². The van der Waals surface area contributed by atoms with E-state index >= 15 is 0 Å². The van der Waals surface area contributed by atoms with E-state index in [1.807, 2.05) is 0 Å². The largest absolute Gasteiger partial charge is 0.500 e. The van der Waals surface area contributed by atoms with Gasteiger partial charge in [-0.05, 0) is 13.0 Å². The highest BCUT2D eigenvalue weighted by Crippen LogP contribution is 2.36. The predicted octanol–water partition coefficient (Wildman–Crippen LogP) is 1.15. The zero-order valence-corrected chi connectivity index (χ0v) is 12.2. The molecule has 0 spiro atoms. The van der Waals surface area contributed by atoms with Crippen LogP contribution in [0.15, 0.2) is 28.1 Å². The second-order valence-corrected chi connectivity index (χ2v) is 4.45. The molecule has 0 radical (unpaired) electrons. The van der Waals surface area contributed by atoms with Gasteiger partial charge in [-0.25, -0.2) is 10.4 Å². The molecule has 0 aliphatic carbocycles. The third kappa shape index (κ3) is 3.81. The Balaban J connectivity index is 2.27. The number of nitrogens with one attached hydrogen (secondary N) is 2. The molecule has 3 N–H and O–H groups in total. The number of H-pyrrole nitrogens is 1. The van der Waals surface area contributed by atoms with Gasteiger partial charge in [-0.15, -0.1) is 0 Å². The van der Waals surface area contributed by atoms with Gasteiger partial charge in [0.15, 0.2) is 5.75 Å². The Morgan fingerprint density at radius 1 is 1.48 bits per heavy atom. The number of aromatic hydroxyl groups is 1. The van der Waals surface area contributed by atoms with Crippen LogP contribution in [0.2, 0.25) is 0 Å². The highest BCUT2D eigenvalue weighted by molar-refractivity contribution is 5.83. The van der Waals surface area contributed by atoms with Gasteiger partial charge >= 0.3 is 5.69 Å². The number of rotatable bonds is 5. The van der Waals surface area contributed by atoms with Crippen LogP contribution in [-0.2, 0) is 0 Å². The second kappa shape index (κ2) is 6.56. The summed E-state index contributed by atoms with van der Waals surface area (Å²) in [5, 5.41) is 24.4. The predicted molar refractivity (Wildman–Crippen MR) is 82.1 cm³/mol. The molecular formula is C13H13N5O5. The minimum atomic E-state index is -0.734. The molecule has 0 saturated carbocycles. The number of phenolic OH excluding ortho intramolecular Hbond substituents is 1. The average Bonchev–Trinajstić information content (AvgIpc) is 2.47. The molecular weight excluding hydrogens is 306 g/mol. The zero-order chi connectivity index (χ0) is 17.0. The number of nitro groups is 1. The number of aromatic amines is 1. The second-order valence-electron chi connectivity index (χ2n) is 4.45. The van der Waals surface area contributed by atoms with Crippen molar-refractivity contribution in [2.75, 3.05) is 12.5 Å². The number of aromatic nitrogens is 2. The number of methoxy groups -OCH3 is 1. The Hall–Kier alpha value is -3.43. The standard InChI is InChI=1S/C13H13N5O5/c1-7-3-11(19)16-13(15-7)17-14-6-8-4-9(18(21)22)12(20)10(5-8)23-2/h3-6,20H,1-2H3,(H2,15,16,17,19)/b14-6+. The van der Waals surface area contributed by atoms with E-state index in [0.717, 1.165) is 6.07 Å². The molecule has 0 aliphatic rings. The van der Waals surface area contributed by atoms with Crippen molar-refractivity contribution in [1.29, 1.82) is 0 Å². The van der Waals surface area contributed by atoms with Gasteiger partial charge in [0.05, 0.1) is 18.2 Å². The highest BCUT2D eigenvalue weighted by Gasteiger charge is 2.19. The number of benzene rings is 1. The summed E-state index contributed by atoms with van der Waals surface area (Å²) in [6, 6.07) is 3.83. The number of nitro benzene ring substituents is 1. The van der Waals surface area contributed by atoms with Gasteiger partial charge in [-0.2, -0.15) is 5.10 Å². The average molecular weight is 319 g/mol. The van der Waals surface area contributed by atoms with Crippen molar-refractivity contribution in [1.82, 2.24) is 9.97 Å². The summed E-state index contributed by atoms with van der Waals surface area (Å²) < 4.78 is 4.88. The molecule has 10 heteroatoms. The Bertz CT molecular complexity index is 830. The lowest BCUT2D eigenvalue weighted by atomic mass is 10.2. The maximum atomic E-state index is 11.3. The Morgan fingerprint density at radius 2 is 2.22 bits per heavy atom.